The summed E-state index contributed by atoms with van der Waals surface area (Å²) in [5.41, 5.74) is -0.694. The van der Waals surface area contributed by atoms with Crippen molar-refractivity contribution in [1.82, 2.24) is 14.3 Å². The highest BCUT2D eigenvalue weighted by Gasteiger charge is 2.33. The molecule has 1 aliphatic rings. The predicted octanol–water partition coefficient (Wildman–Crippen LogP) is 1.88. The Morgan fingerprint density at radius 1 is 1.07 bits per heavy atom. The molecule has 0 unspecified atom stereocenters. The lowest BCUT2D eigenvalue weighted by atomic mass is 10.2. The van der Waals surface area contributed by atoms with E-state index in [0.29, 0.717) is 0 Å². The number of hydrogen-bond acceptors (Lipinski definition) is 6. The largest absolute Gasteiger partial charge is 0.416 e. The quantitative estimate of drug-likeness (QED) is 0.786. The molecular weight excluding hydrogens is 383 g/mol. The highest BCUT2D eigenvalue weighted by molar-refractivity contribution is 7.89. The van der Waals surface area contributed by atoms with Crippen LogP contribution in [0.15, 0.2) is 41.6 Å². The maximum absolute atomic E-state index is 12.8. The minimum absolute atomic E-state index is 0.0351. The van der Waals surface area contributed by atoms with Crippen molar-refractivity contribution in [2.75, 3.05) is 31.1 Å². The molecule has 2 aromatic heterocycles. The second-order valence-electron chi connectivity index (χ2n) is 5.78. The van der Waals surface area contributed by atoms with Gasteiger partial charge in [-0.15, -0.1) is 0 Å². The summed E-state index contributed by atoms with van der Waals surface area (Å²) in [6.07, 6.45) is -2.26. The van der Waals surface area contributed by atoms with Crippen LogP contribution in [0.3, 0.4) is 0 Å². The number of pyridine rings is 2. The molecule has 1 saturated heterocycles. The first kappa shape index (κ1) is 19.1. The van der Waals surface area contributed by atoms with E-state index >= 15 is 0 Å². The molecule has 1 fully saturated rings. The Bertz CT molecular complexity index is 963. The Labute approximate surface area is 153 Å². The first-order chi connectivity index (χ1) is 12.7. The summed E-state index contributed by atoms with van der Waals surface area (Å²) in [4.78, 5) is 9.29. The first-order valence-corrected chi connectivity index (χ1v) is 9.30. The molecule has 0 radical (unpaired) electrons. The molecule has 7 nitrogen and oxygen atoms in total. The zero-order valence-electron chi connectivity index (χ0n) is 13.9. The van der Waals surface area contributed by atoms with Gasteiger partial charge in [0.2, 0.25) is 10.0 Å². The van der Waals surface area contributed by atoms with Gasteiger partial charge in [-0.25, -0.2) is 18.4 Å². The molecule has 0 saturated carbocycles. The molecule has 27 heavy (non-hydrogen) atoms. The molecule has 0 aliphatic carbocycles. The number of rotatable bonds is 3. The van der Waals surface area contributed by atoms with Crippen LogP contribution in [0.4, 0.5) is 19.0 Å². The molecule has 0 spiro atoms. The fourth-order valence-corrected chi connectivity index (χ4v) is 4.04. The fourth-order valence-electron chi connectivity index (χ4n) is 2.67. The molecule has 3 rings (SSSR count). The van der Waals surface area contributed by atoms with Crippen LogP contribution in [0.5, 0.6) is 0 Å². The van der Waals surface area contributed by atoms with Crippen LogP contribution in [0.2, 0.25) is 0 Å². The van der Waals surface area contributed by atoms with Gasteiger partial charge in [0.15, 0.2) is 0 Å². The number of aromatic nitrogens is 2. The minimum Gasteiger partial charge on any atom is -0.354 e. The van der Waals surface area contributed by atoms with E-state index in [0.717, 1.165) is 24.5 Å². The molecule has 0 amide bonds. The summed E-state index contributed by atoms with van der Waals surface area (Å²) in [7, 11) is -3.79. The van der Waals surface area contributed by atoms with E-state index in [1.54, 1.807) is 4.90 Å². The smallest absolute Gasteiger partial charge is 0.354 e. The van der Waals surface area contributed by atoms with E-state index < -0.39 is 21.8 Å². The highest BCUT2D eigenvalue weighted by atomic mass is 32.2. The standard InChI is InChI=1S/C16H14F3N5O2S/c17-16(18,19)12-3-4-21-15(9-12)23-5-7-24(8-6-23)27(25,26)14-2-1-13(10-20)22-11-14/h1-4,9,11H,5-8H2. The van der Waals surface area contributed by atoms with E-state index in [-0.39, 0.29) is 42.6 Å². The predicted molar refractivity (Wildman–Crippen MR) is 89.2 cm³/mol. The first-order valence-electron chi connectivity index (χ1n) is 7.86. The van der Waals surface area contributed by atoms with Crippen LogP contribution in [0.1, 0.15) is 11.3 Å². The lowest BCUT2D eigenvalue weighted by Gasteiger charge is -2.34. The summed E-state index contributed by atoms with van der Waals surface area (Å²) in [6, 6.07) is 6.28. The molecule has 11 heteroatoms. The van der Waals surface area contributed by atoms with Gasteiger partial charge in [0.1, 0.15) is 22.5 Å². The second-order valence-corrected chi connectivity index (χ2v) is 7.72. The van der Waals surface area contributed by atoms with Gasteiger partial charge in [0, 0.05) is 38.6 Å². The monoisotopic (exact) mass is 397 g/mol. The van der Waals surface area contributed by atoms with Gasteiger partial charge in [-0.05, 0) is 24.3 Å². The fraction of sp³-hybridized carbons (Fsp3) is 0.312. The van der Waals surface area contributed by atoms with Gasteiger partial charge < -0.3 is 4.90 Å². The third kappa shape index (κ3) is 4.01. The Kier molecular flexibility index (Phi) is 5.03. The number of halogens is 3. The average Bonchev–Trinajstić information content (AvgIpc) is 2.67. The molecule has 1 aliphatic heterocycles. The number of piperazine rings is 1. The summed E-state index contributed by atoms with van der Waals surface area (Å²) < 4.78 is 65.0. The van der Waals surface area contributed by atoms with Crippen molar-refractivity contribution in [1.29, 1.82) is 5.26 Å². The number of nitrogens with zero attached hydrogens (tertiary/aromatic N) is 5. The molecule has 3 heterocycles. The summed E-state index contributed by atoms with van der Waals surface area (Å²) in [5, 5.41) is 8.73. The van der Waals surface area contributed by atoms with E-state index in [2.05, 4.69) is 9.97 Å². The van der Waals surface area contributed by atoms with Gasteiger partial charge in [0.25, 0.3) is 0 Å². The van der Waals surface area contributed by atoms with E-state index in [4.69, 9.17) is 5.26 Å². The van der Waals surface area contributed by atoms with Crippen LogP contribution in [-0.4, -0.2) is 48.9 Å². The second kappa shape index (κ2) is 7.13. The third-order valence-electron chi connectivity index (χ3n) is 4.12. The van der Waals surface area contributed by atoms with Crippen molar-refractivity contribution < 1.29 is 21.6 Å². The van der Waals surface area contributed by atoms with Gasteiger partial charge in [-0.1, -0.05) is 0 Å². The molecule has 0 N–H and O–H groups in total. The van der Waals surface area contributed by atoms with Crippen molar-refractivity contribution in [2.24, 2.45) is 0 Å². The minimum atomic E-state index is -4.47. The Morgan fingerprint density at radius 2 is 1.78 bits per heavy atom. The van der Waals surface area contributed by atoms with E-state index in [1.807, 2.05) is 6.07 Å². The number of sulfonamides is 1. The Balaban J connectivity index is 1.72. The number of alkyl halides is 3. The van der Waals surface area contributed by atoms with Crippen molar-refractivity contribution in [3.8, 4) is 6.07 Å². The van der Waals surface area contributed by atoms with Crippen LogP contribution in [0, 0.1) is 11.3 Å². The molecule has 142 valence electrons. The van der Waals surface area contributed by atoms with Crippen molar-refractivity contribution in [3.63, 3.8) is 0 Å². The maximum Gasteiger partial charge on any atom is 0.416 e. The number of hydrogen-bond donors (Lipinski definition) is 0. The normalized spacial score (nSPS) is 16.1. The molecule has 0 atom stereocenters. The average molecular weight is 397 g/mol. The van der Waals surface area contributed by atoms with Crippen LogP contribution in [-0.2, 0) is 16.2 Å². The van der Waals surface area contributed by atoms with Crippen LogP contribution >= 0.6 is 0 Å². The van der Waals surface area contributed by atoms with E-state index in [9.17, 15) is 21.6 Å². The Morgan fingerprint density at radius 3 is 2.33 bits per heavy atom. The van der Waals surface area contributed by atoms with Gasteiger partial charge >= 0.3 is 6.18 Å². The summed E-state index contributed by atoms with van der Waals surface area (Å²) in [6.45, 7) is 0.606. The topological polar surface area (TPSA) is 90.2 Å². The number of anilines is 1. The highest BCUT2D eigenvalue weighted by Crippen LogP contribution is 2.31. The molecular formula is C16H14F3N5O2S. The molecule has 2 aromatic rings. The lowest BCUT2D eigenvalue weighted by molar-refractivity contribution is -0.137. The van der Waals surface area contributed by atoms with Crippen LogP contribution < -0.4 is 4.90 Å². The molecule has 0 bridgehead atoms. The van der Waals surface area contributed by atoms with Crippen LogP contribution in [0.25, 0.3) is 0 Å². The van der Waals surface area contributed by atoms with Gasteiger partial charge in [0.05, 0.1) is 5.56 Å². The summed E-state index contributed by atoms with van der Waals surface area (Å²) in [5.74, 6) is 0.155. The summed E-state index contributed by atoms with van der Waals surface area (Å²) >= 11 is 0. The lowest BCUT2D eigenvalue weighted by Crippen LogP contribution is -2.49. The molecule has 0 aromatic carbocycles. The maximum atomic E-state index is 12.8. The zero-order chi connectivity index (χ0) is 19.7. The zero-order valence-corrected chi connectivity index (χ0v) is 14.7. The number of nitriles is 1. The van der Waals surface area contributed by atoms with Crippen molar-refractivity contribution in [3.05, 3.63) is 47.9 Å². The van der Waals surface area contributed by atoms with Crippen molar-refractivity contribution >= 4 is 15.8 Å². The van der Waals surface area contributed by atoms with E-state index in [1.165, 1.54) is 16.4 Å². The SMILES string of the molecule is N#Cc1ccc(S(=O)(=O)N2CCN(c3cc(C(F)(F)F)ccn3)CC2)cn1. The third-order valence-corrected chi connectivity index (χ3v) is 6.01. The van der Waals surface area contributed by atoms with Crippen molar-refractivity contribution in [2.45, 2.75) is 11.1 Å². The van der Waals surface area contributed by atoms with Gasteiger partial charge in [-0.3, -0.25) is 0 Å². The Hall–Kier alpha value is -2.71. The van der Waals surface area contributed by atoms with Gasteiger partial charge in [-0.2, -0.15) is 22.7 Å².